The Bertz CT molecular complexity index is 269. The molecule has 4 heteroatoms. The van der Waals surface area contributed by atoms with Gasteiger partial charge in [0.2, 0.25) is 5.91 Å². The van der Waals surface area contributed by atoms with Gasteiger partial charge < -0.3 is 5.32 Å². The van der Waals surface area contributed by atoms with Crippen LogP contribution in [0, 0.1) is 11.8 Å². The number of carbonyl (C=O) groups excluding carboxylic acids is 1. The van der Waals surface area contributed by atoms with E-state index in [0.29, 0.717) is 17.8 Å². The van der Waals surface area contributed by atoms with E-state index in [-0.39, 0.29) is 11.9 Å². The van der Waals surface area contributed by atoms with Crippen LogP contribution in [-0.2, 0) is 4.79 Å². The van der Waals surface area contributed by atoms with Crippen LogP contribution >= 0.6 is 0 Å². The molecule has 0 spiro atoms. The average Bonchev–Trinajstić information content (AvgIpc) is 2.59. The average molecular weight is 225 g/mol. The summed E-state index contributed by atoms with van der Waals surface area (Å²) in [6.45, 7) is 9.20. The van der Waals surface area contributed by atoms with Crippen molar-refractivity contribution >= 4 is 11.9 Å². The van der Waals surface area contributed by atoms with Gasteiger partial charge in [-0.1, -0.05) is 40.5 Å². The highest BCUT2D eigenvalue weighted by molar-refractivity contribution is 6.06. The van der Waals surface area contributed by atoms with E-state index in [1.165, 1.54) is 0 Å². The molecule has 0 bridgehead atoms. The lowest BCUT2D eigenvalue weighted by molar-refractivity contribution is -0.121. The molecule has 0 aromatic heterocycles. The van der Waals surface area contributed by atoms with Crippen LogP contribution in [0.5, 0.6) is 0 Å². The van der Waals surface area contributed by atoms with Crippen molar-refractivity contribution in [2.24, 2.45) is 16.8 Å². The molecule has 1 aliphatic rings. The van der Waals surface area contributed by atoms with Crippen molar-refractivity contribution in [3.05, 3.63) is 0 Å². The third-order valence-electron chi connectivity index (χ3n) is 2.95. The minimum Gasteiger partial charge on any atom is -0.344 e. The van der Waals surface area contributed by atoms with E-state index in [1.54, 1.807) is 0 Å². The maximum absolute atomic E-state index is 11.7. The van der Waals surface area contributed by atoms with Crippen LogP contribution in [0.4, 0.5) is 0 Å². The molecular formula is C12H23N3O. The molecule has 1 saturated heterocycles. The summed E-state index contributed by atoms with van der Waals surface area (Å²) in [5.41, 5.74) is 0. The van der Waals surface area contributed by atoms with Crippen LogP contribution in [0.2, 0.25) is 0 Å². The SMILES string of the molecule is CCC(CC)C1NC(=NCC(C)C)NC1=O. The lowest BCUT2D eigenvalue weighted by Gasteiger charge is -2.17. The van der Waals surface area contributed by atoms with E-state index in [1.807, 2.05) is 0 Å². The first-order chi connectivity index (χ1) is 7.58. The van der Waals surface area contributed by atoms with Crippen molar-refractivity contribution in [1.29, 1.82) is 0 Å². The fourth-order valence-corrected chi connectivity index (χ4v) is 1.89. The van der Waals surface area contributed by atoms with Crippen LogP contribution < -0.4 is 10.6 Å². The van der Waals surface area contributed by atoms with Gasteiger partial charge in [0, 0.05) is 6.54 Å². The van der Waals surface area contributed by atoms with Gasteiger partial charge >= 0.3 is 0 Å². The Hall–Kier alpha value is -1.06. The Labute approximate surface area is 97.9 Å². The second-order valence-electron chi connectivity index (χ2n) is 4.77. The summed E-state index contributed by atoms with van der Waals surface area (Å²) >= 11 is 0. The first-order valence-corrected chi connectivity index (χ1v) is 6.20. The first kappa shape index (κ1) is 13.0. The molecule has 0 aliphatic carbocycles. The van der Waals surface area contributed by atoms with E-state index in [4.69, 9.17) is 0 Å². The number of nitrogens with zero attached hydrogens (tertiary/aromatic N) is 1. The number of amides is 1. The van der Waals surface area contributed by atoms with Crippen LogP contribution in [0.1, 0.15) is 40.5 Å². The maximum Gasteiger partial charge on any atom is 0.249 e. The minimum atomic E-state index is -0.0964. The van der Waals surface area contributed by atoms with E-state index >= 15 is 0 Å². The van der Waals surface area contributed by atoms with Gasteiger partial charge in [0.15, 0.2) is 5.96 Å². The van der Waals surface area contributed by atoms with Crippen molar-refractivity contribution in [2.45, 2.75) is 46.6 Å². The Balaban J connectivity index is 2.59. The molecule has 1 rings (SSSR count). The van der Waals surface area contributed by atoms with E-state index < -0.39 is 0 Å². The summed E-state index contributed by atoms with van der Waals surface area (Å²) in [7, 11) is 0. The Morgan fingerprint density at radius 3 is 2.44 bits per heavy atom. The zero-order chi connectivity index (χ0) is 12.1. The minimum absolute atomic E-state index is 0.0659. The van der Waals surface area contributed by atoms with Crippen LogP contribution in [0.25, 0.3) is 0 Å². The molecule has 0 aromatic carbocycles. The number of nitrogens with one attached hydrogen (secondary N) is 2. The molecule has 92 valence electrons. The van der Waals surface area contributed by atoms with E-state index in [9.17, 15) is 4.79 Å². The fraction of sp³-hybridized carbons (Fsp3) is 0.833. The molecule has 4 nitrogen and oxygen atoms in total. The van der Waals surface area contributed by atoms with E-state index in [2.05, 4.69) is 43.3 Å². The lowest BCUT2D eigenvalue weighted by atomic mass is 9.94. The quantitative estimate of drug-likeness (QED) is 0.745. The van der Waals surface area contributed by atoms with Gasteiger partial charge in [0.05, 0.1) is 0 Å². The second-order valence-corrected chi connectivity index (χ2v) is 4.77. The highest BCUT2D eigenvalue weighted by Gasteiger charge is 2.33. The van der Waals surface area contributed by atoms with Gasteiger partial charge in [-0.05, 0) is 11.8 Å². The molecular weight excluding hydrogens is 202 g/mol. The lowest BCUT2D eigenvalue weighted by Crippen LogP contribution is -2.36. The number of carbonyl (C=O) groups is 1. The van der Waals surface area contributed by atoms with Crippen molar-refractivity contribution in [1.82, 2.24) is 10.6 Å². The highest BCUT2D eigenvalue weighted by atomic mass is 16.2. The Morgan fingerprint density at radius 2 is 1.94 bits per heavy atom. The topological polar surface area (TPSA) is 53.5 Å². The monoisotopic (exact) mass is 225 g/mol. The number of rotatable bonds is 5. The van der Waals surface area contributed by atoms with Crippen LogP contribution in [0.15, 0.2) is 4.99 Å². The number of hydrogen-bond acceptors (Lipinski definition) is 2. The Kier molecular flexibility index (Phi) is 4.77. The molecule has 16 heavy (non-hydrogen) atoms. The van der Waals surface area contributed by atoms with Crippen LogP contribution in [-0.4, -0.2) is 24.5 Å². The smallest absolute Gasteiger partial charge is 0.249 e. The molecule has 0 radical (unpaired) electrons. The number of aliphatic imine (C=N–C) groups is 1. The summed E-state index contributed by atoms with van der Waals surface area (Å²) in [5, 5.41) is 6.00. The summed E-state index contributed by atoms with van der Waals surface area (Å²) < 4.78 is 0. The fourth-order valence-electron chi connectivity index (χ4n) is 1.89. The number of hydrogen-bond donors (Lipinski definition) is 2. The molecule has 1 aliphatic heterocycles. The van der Waals surface area contributed by atoms with Gasteiger partial charge in [-0.3, -0.25) is 15.1 Å². The third kappa shape index (κ3) is 3.22. The largest absolute Gasteiger partial charge is 0.344 e. The summed E-state index contributed by atoms with van der Waals surface area (Å²) in [6, 6.07) is -0.0964. The van der Waals surface area contributed by atoms with Gasteiger partial charge in [0.1, 0.15) is 6.04 Å². The normalized spacial score (nSPS) is 23.0. The third-order valence-corrected chi connectivity index (χ3v) is 2.95. The summed E-state index contributed by atoms with van der Waals surface area (Å²) in [4.78, 5) is 16.1. The molecule has 1 heterocycles. The van der Waals surface area contributed by atoms with Crippen molar-refractivity contribution in [2.75, 3.05) is 6.54 Å². The standard InChI is InChI=1S/C12H23N3O/c1-5-9(6-2)10-11(16)15-12(14-10)13-7-8(3)4/h8-10H,5-7H2,1-4H3,(H2,13,14,15,16). The molecule has 1 atom stereocenters. The zero-order valence-corrected chi connectivity index (χ0v) is 10.7. The second kappa shape index (κ2) is 5.87. The maximum atomic E-state index is 11.7. The van der Waals surface area contributed by atoms with Crippen molar-refractivity contribution < 1.29 is 4.79 Å². The molecule has 1 amide bonds. The van der Waals surface area contributed by atoms with Crippen molar-refractivity contribution in [3.63, 3.8) is 0 Å². The van der Waals surface area contributed by atoms with Gasteiger partial charge in [0.25, 0.3) is 0 Å². The Morgan fingerprint density at radius 1 is 1.31 bits per heavy atom. The molecule has 0 saturated carbocycles. The number of guanidine groups is 1. The zero-order valence-electron chi connectivity index (χ0n) is 10.7. The summed E-state index contributed by atoms with van der Waals surface area (Å²) in [6.07, 6.45) is 2.03. The van der Waals surface area contributed by atoms with E-state index in [0.717, 1.165) is 19.4 Å². The molecule has 0 aromatic rings. The van der Waals surface area contributed by atoms with Crippen molar-refractivity contribution in [3.8, 4) is 0 Å². The van der Waals surface area contributed by atoms with Crippen LogP contribution in [0.3, 0.4) is 0 Å². The van der Waals surface area contributed by atoms with Gasteiger partial charge in [-0.15, -0.1) is 0 Å². The summed E-state index contributed by atoms with van der Waals surface area (Å²) in [5.74, 6) is 1.62. The van der Waals surface area contributed by atoms with Gasteiger partial charge in [-0.25, -0.2) is 0 Å². The predicted octanol–water partition coefficient (Wildman–Crippen LogP) is 1.52. The molecule has 2 N–H and O–H groups in total. The highest BCUT2D eigenvalue weighted by Crippen LogP contribution is 2.15. The van der Waals surface area contributed by atoms with Gasteiger partial charge in [-0.2, -0.15) is 0 Å². The predicted molar refractivity (Wildman–Crippen MR) is 66.3 cm³/mol. The molecule has 1 unspecified atom stereocenters. The first-order valence-electron chi connectivity index (χ1n) is 6.20. The molecule has 1 fully saturated rings.